The Hall–Kier alpha value is -2.39. The molecule has 0 N–H and O–H groups in total. The third kappa shape index (κ3) is 2.34. The number of benzene rings is 2. The molecule has 0 fully saturated rings. The quantitative estimate of drug-likeness (QED) is 0.526. The van der Waals surface area contributed by atoms with Crippen LogP contribution in [0.1, 0.15) is 43.0 Å². The maximum Gasteiger partial charge on any atom is 0.163 e. The smallest absolute Gasteiger partial charge is 0.163 e. The summed E-state index contributed by atoms with van der Waals surface area (Å²) in [5.74, 6) is 1.97. The lowest BCUT2D eigenvalue weighted by Crippen LogP contribution is -2.32. The number of Topliss-reactive ketones (excluding diaryl/α,β-unsaturated/α-hetero) is 1. The van der Waals surface area contributed by atoms with Crippen molar-refractivity contribution in [3.8, 4) is 5.75 Å². The van der Waals surface area contributed by atoms with Crippen molar-refractivity contribution in [2.45, 2.75) is 32.6 Å². The summed E-state index contributed by atoms with van der Waals surface area (Å²) in [6.45, 7) is 4.29. The second-order valence-corrected chi connectivity index (χ2v) is 9.01. The molecule has 2 heterocycles. The van der Waals surface area contributed by atoms with Crippen LogP contribution >= 0.6 is 11.3 Å². The fraction of sp³-hybridized carbons (Fsp3) is 0.261. The first-order valence-electron chi connectivity index (χ1n) is 9.03. The standard InChI is InChI=1S/C23H20O2S/c1-23(2)12-16(24)21-18(13-23)25-17-10-9-14-6-3-4-7-15(14)20(17)22(21)19-8-5-11-26-19/h3-11,22H,12-13H2,1-2H3. The third-order valence-corrected chi connectivity index (χ3v) is 6.39. The lowest BCUT2D eigenvalue weighted by molar-refractivity contribution is -0.118. The van der Waals surface area contributed by atoms with E-state index < -0.39 is 0 Å². The molecule has 0 spiro atoms. The summed E-state index contributed by atoms with van der Waals surface area (Å²) < 4.78 is 6.34. The summed E-state index contributed by atoms with van der Waals surface area (Å²) in [6.07, 6.45) is 1.39. The van der Waals surface area contributed by atoms with E-state index in [2.05, 4.69) is 67.8 Å². The molecule has 1 aliphatic carbocycles. The molecule has 3 aromatic rings. The molecule has 130 valence electrons. The summed E-state index contributed by atoms with van der Waals surface area (Å²) in [5.41, 5.74) is 1.96. The predicted octanol–water partition coefficient (Wildman–Crippen LogP) is 6.07. The highest BCUT2D eigenvalue weighted by atomic mass is 32.1. The molecule has 1 aromatic heterocycles. The van der Waals surface area contributed by atoms with Crippen molar-refractivity contribution in [1.82, 2.24) is 0 Å². The molecule has 5 rings (SSSR count). The van der Waals surface area contributed by atoms with Gasteiger partial charge in [0.2, 0.25) is 0 Å². The SMILES string of the molecule is CC1(C)CC(=O)C2=C(C1)Oc1ccc3ccccc3c1C2c1cccs1. The molecule has 1 unspecified atom stereocenters. The van der Waals surface area contributed by atoms with Gasteiger partial charge in [0.1, 0.15) is 11.5 Å². The highest BCUT2D eigenvalue weighted by Crippen LogP contribution is 2.52. The molecule has 0 saturated carbocycles. The molecule has 2 aromatic carbocycles. The Balaban J connectivity index is 1.82. The average Bonchev–Trinajstić information content (AvgIpc) is 3.13. The van der Waals surface area contributed by atoms with Crippen molar-refractivity contribution in [3.05, 3.63) is 75.7 Å². The third-order valence-electron chi connectivity index (χ3n) is 5.45. The molecule has 26 heavy (non-hydrogen) atoms. The molecular weight excluding hydrogens is 340 g/mol. The number of rotatable bonds is 1. The Morgan fingerprint density at radius 3 is 2.69 bits per heavy atom. The van der Waals surface area contributed by atoms with Crippen molar-refractivity contribution < 1.29 is 9.53 Å². The van der Waals surface area contributed by atoms with E-state index in [0.29, 0.717) is 6.42 Å². The van der Waals surface area contributed by atoms with Crippen molar-refractivity contribution in [3.63, 3.8) is 0 Å². The molecule has 2 aliphatic rings. The van der Waals surface area contributed by atoms with Crippen molar-refractivity contribution in [2.24, 2.45) is 5.41 Å². The van der Waals surface area contributed by atoms with Crippen LogP contribution in [0.2, 0.25) is 0 Å². The van der Waals surface area contributed by atoms with Gasteiger partial charge >= 0.3 is 0 Å². The van der Waals surface area contributed by atoms with Gasteiger partial charge in [-0.25, -0.2) is 0 Å². The Kier molecular flexibility index (Phi) is 3.38. The van der Waals surface area contributed by atoms with E-state index in [0.717, 1.165) is 29.1 Å². The molecule has 1 atom stereocenters. The van der Waals surface area contributed by atoms with E-state index in [1.54, 1.807) is 11.3 Å². The molecule has 2 nitrogen and oxygen atoms in total. The molecule has 0 saturated heterocycles. The normalized spacial score (nSPS) is 21.3. The molecule has 0 amide bonds. The number of hydrogen-bond donors (Lipinski definition) is 0. The van der Waals surface area contributed by atoms with Gasteiger partial charge in [-0.05, 0) is 33.7 Å². The van der Waals surface area contributed by atoms with Gasteiger partial charge in [-0.1, -0.05) is 50.2 Å². The minimum absolute atomic E-state index is 0.0246. The van der Waals surface area contributed by atoms with Gasteiger partial charge in [-0.15, -0.1) is 11.3 Å². The van der Waals surface area contributed by atoms with Crippen LogP contribution in [0.5, 0.6) is 5.75 Å². The number of thiophene rings is 1. The summed E-state index contributed by atoms with van der Waals surface area (Å²) in [4.78, 5) is 14.4. The fourth-order valence-corrected chi connectivity index (χ4v) is 5.21. The minimum Gasteiger partial charge on any atom is -0.461 e. The van der Waals surface area contributed by atoms with Gasteiger partial charge < -0.3 is 4.74 Å². The van der Waals surface area contributed by atoms with E-state index in [1.807, 2.05) is 0 Å². The van der Waals surface area contributed by atoms with E-state index in [-0.39, 0.29) is 17.1 Å². The second kappa shape index (κ2) is 5.55. The van der Waals surface area contributed by atoms with Crippen LogP contribution in [0.3, 0.4) is 0 Å². The zero-order valence-corrected chi connectivity index (χ0v) is 15.7. The highest BCUT2D eigenvalue weighted by Gasteiger charge is 2.42. The zero-order chi connectivity index (χ0) is 17.9. The van der Waals surface area contributed by atoms with Gasteiger partial charge in [-0.3, -0.25) is 4.79 Å². The second-order valence-electron chi connectivity index (χ2n) is 8.03. The van der Waals surface area contributed by atoms with Crippen LogP contribution in [-0.4, -0.2) is 5.78 Å². The number of carbonyl (C=O) groups is 1. The largest absolute Gasteiger partial charge is 0.461 e. The molecule has 0 bridgehead atoms. The Morgan fingerprint density at radius 2 is 1.88 bits per heavy atom. The monoisotopic (exact) mass is 360 g/mol. The number of ether oxygens (including phenoxy) is 1. The van der Waals surface area contributed by atoms with Gasteiger partial charge in [0.05, 0.1) is 5.92 Å². The highest BCUT2D eigenvalue weighted by molar-refractivity contribution is 7.10. The van der Waals surface area contributed by atoms with E-state index >= 15 is 0 Å². The van der Waals surface area contributed by atoms with E-state index in [4.69, 9.17) is 4.74 Å². The van der Waals surface area contributed by atoms with Gasteiger partial charge in [0.25, 0.3) is 0 Å². The zero-order valence-electron chi connectivity index (χ0n) is 14.9. The van der Waals surface area contributed by atoms with Gasteiger partial charge in [0, 0.05) is 28.9 Å². The number of carbonyl (C=O) groups excluding carboxylic acids is 1. The number of fused-ring (bicyclic) bond motifs is 3. The van der Waals surface area contributed by atoms with Crippen molar-refractivity contribution in [2.75, 3.05) is 0 Å². The Labute approximate surface area is 157 Å². The van der Waals surface area contributed by atoms with E-state index in [9.17, 15) is 4.79 Å². The Morgan fingerprint density at radius 1 is 1.04 bits per heavy atom. The van der Waals surface area contributed by atoms with Gasteiger partial charge in [-0.2, -0.15) is 0 Å². The summed E-state index contributed by atoms with van der Waals surface area (Å²) >= 11 is 1.72. The van der Waals surface area contributed by atoms with Crippen molar-refractivity contribution in [1.29, 1.82) is 0 Å². The first-order valence-corrected chi connectivity index (χ1v) is 9.91. The summed E-state index contributed by atoms with van der Waals surface area (Å²) in [6, 6.07) is 16.8. The number of ketones is 1. The summed E-state index contributed by atoms with van der Waals surface area (Å²) in [5, 5.41) is 4.45. The number of hydrogen-bond acceptors (Lipinski definition) is 3. The fourth-order valence-electron chi connectivity index (χ4n) is 4.37. The maximum absolute atomic E-state index is 13.2. The van der Waals surface area contributed by atoms with Crippen LogP contribution in [0.4, 0.5) is 0 Å². The predicted molar refractivity (Wildman–Crippen MR) is 106 cm³/mol. The maximum atomic E-state index is 13.2. The van der Waals surface area contributed by atoms with Crippen LogP contribution in [-0.2, 0) is 4.79 Å². The lowest BCUT2D eigenvalue weighted by Gasteiger charge is -2.38. The van der Waals surface area contributed by atoms with Crippen molar-refractivity contribution >= 4 is 27.9 Å². The van der Waals surface area contributed by atoms with Gasteiger partial charge in [0.15, 0.2) is 5.78 Å². The molecule has 0 radical (unpaired) electrons. The molecular formula is C23H20O2S. The molecule has 3 heteroatoms. The van der Waals surface area contributed by atoms with Crippen LogP contribution in [0.25, 0.3) is 10.8 Å². The van der Waals surface area contributed by atoms with Crippen LogP contribution in [0, 0.1) is 5.41 Å². The minimum atomic E-state index is -0.0513. The van der Waals surface area contributed by atoms with Crippen LogP contribution < -0.4 is 4.74 Å². The lowest BCUT2D eigenvalue weighted by atomic mass is 9.70. The number of allylic oxidation sites excluding steroid dienone is 2. The molecule has 1 aliphatic heterocycles. The van der Waals surface area contributed by atoms with Crippen LogP contribution in [0.15, 0.2) is 65.2 Å². The Bertz CT molecular complexity index is 1060. The topological polar surface area (TPSA) is 26.3 Å². The average molecular weight is 360 g/mol. The van der Waals surface area contributed by atoms with E-state index in [1.165, 1.54) is 15.6 Å². The summed E-state index contributed by atoms with van der Waals surface area (Å²) in [7, 11) is 0. The first kappa shape index (κ1) is 15.8. The first-order chi connectivity index (χ1) is 12.5.